The third kappa shape index (κ3) is 6.17. The summed E-state index contributed by atoms with van der Waals surface area (Å²) in [6.45, 7) is 0.0541. The quantitative estimate of drug-likeness (QED) is 0.538. The number of aliphatic hydroxyl groups excluding tert-OH is 1. The highest BCUT2D eigenvalue weighted by atomic mass is 16.5. The van der Waals surface area contributed by atoms with E-state index >= 15 is 0 Å². The molecule has 0 spiro atoms. The average Bonchev–Trinajstić information content (AvgIpc) is 2.41. The third-order valence-electron chi connectivity index (χ3n) is 2.55. The molecule has 1 aromatic rings. The monoisotopic (exact) mass is 282 g/mol. The minimum Gasteiger partial charge on any atom is -0.480 e. The van der Waals surface area contributed by atoms with Crippen molar-refractivity contribution in [2.45, 2.75) is 31.7 Å². The van der Waals surface area contributed by atoms with Gasteiger partial charge in [-0.25, -0.2) is 9.59 Å². The molecule has 0 fully saturated rings. The second kappa shape index (κ2) is 8.13. The number of hydrogen-bond donors (Lipinski definition) is 4. The topological polar surface area (TPSA) is 122 Å². The number of benzene rings is 1. The van der Waals surface area contributed by atoms with Crippen LogP contribution in [0.1, 0.15) is 18.4 Å². The Balaban J connectivity index is 2.40. The molecule has 0 aliphatic heterocycles. The zero-order chi connectivity index (χ0) is 15.0. The first-order valence-electron chi connectivity index (χ1n) is 6.12. The number of nitrogens with two attached hydrogens (primary N) is 1. The number of aliphatic carboxylic acids is 1. The van der Waals surface area contributed by atoms with Gasteiger partial charge in [0.2, 0.25) is 0 Å². The van der Waals surface area contributed by atoms with Crippen molar-refractivity contribution in [3.8, 4) is 0 Å². The molecular formula is C13H18N2O5. The summed E-state index contributed by atoms with van der Waals surface area (Å²) < 4.78 is 4.91. The Labute approximate surface area is 116 Å². The fraction of sp³-hybridized carbons (Fsp3) is 0.385. The van der Waals surface area contributed by atoms with Gasteiger partial charge in [-0.1, -0.05) is 30.3 Å². The van der Waals surface area contributed by atoms with Crippen molar-refractivity contribution < 1.29 is 24.5 Å². The van der Waals surface area contributed by atoms with Crippen molar-refractivity contribution in [3.63, 3.8) is 0 Å². The van der Waals surface area contributed by atoms with Gasteiger partial charge in [-0.3, -0.25) is 0 Å². The normalized spacial score (nSPS) is 13.3. The van der Waals surface area contributed by atoms with Crippen LogP contribution in [-0.2, 0) is 16.1 Å². The molecule has 110 valence electrons. The maximum absolute atomic E-state index is 11.5. The summed E-state index contributed by atoms with van der Waals surface area (Å²) in [4.78, 5) is 22.4. The minimum absolute atomic E-state index is 0.0213. The predicted octanol–water partition coefficient (Wildman–Crippen LogP) is 0.423. The van der Waals surface area contributed by atoms with Gasteiger partial charge in [-0.15, -0.1) is 0 Å². The van der Waals surface area contributed by atoms with Crippen LogP contribution in [0.2, 0.25) is 0 Å². The van der Waals surface area contributed by atoms with E-state index in [2.05, 4.69) is 5.32 Å². The number of rotatable bonds is 7. The summed E-state index contributed by atoms with van der Waals surface area (Å²) in [5.41, 5.74) is 5.92. The van der Waals surface area contributed by atoms with Gasteiger partial charge >= 0.3 is 12.1 Å². The van der Waals surface area contributed by atoms with Crippen LogP contribution >= 0.6 is 0 Å². The molecule has 7 nitrogen and oxygen atoms in total. The molecule has 0 aromatic heterocycles. The number of carbonyl (C=O) groups excluding carboxylic acids is 1. The van der Waals surface area contributed by atoms with E-state index in [4.69, 9.17) is 20.7 Å². The van der Waals surface area contributed by atoms with Gasteiger partial charge in [-0.2, -0.15) is 0 Å². The number of nitrogens with one attached hydrogen (secondary N) is 1. The van der Waals surface area contributed by atoms with Crippen LogP contribution in [0.3, 0.4) is 0 Å². The Bertz CT molecular complexity index is 436. The molecule has 0 heterocycles. The lowest BCUT2D eigenvalue weighted by atomic mass is 10.1. The highest BCUT2D eigenvalue weighted by Crippen LogP contribution is 2.03. The lowest BCUT2D eigenvalue weighted by molar-refractivity contribution is -0.139. The fourth-order valence-electron chi connectivity index (χ4n) is 1.50. The van der Waals surface area contributed by atoms with Crippen LogP contribution in [-0.4, -0.2) is 34.5 Å². The summed E-state index contributed by atoms with van der Waals surface area (Å²) in [5, 5.41) is 20.1. The number of carboxylic acid groups (broad SMARTS) is 1. The molecule has 0 bridgehead atoms. The standard InChI is InChI=1S/C13H18N2O5/c14-11(16)7-6-10(12(17)18)15-13(19)20-8-9-4-2-1-3-5-9/h1-5,10-11,16H,6-8,14H2,(H,15,19)(H,17,18). The van der Waals surface area contributed by atoms with Gasteiger partial charge in [-0.05, 0) is 18.4 Å². The number of amides is 1. The molecule has 2 atom stereocenters. The Morgan fingerprint density at radius 3 is 2.45 bits per heavy atom. The average molecular weight is 282 g/mol. The number of ether oxygens (including phenoxy) is 1. The molecule has 2 unspecified atom stereocenters. The van der Waals surface area contributed by atoms with Gasteiger partial charge in [0.05, 0.1) is 0 Å². The second-order valence-corrected chi connectivity index (χ2v) is 4.24. The summed E-state index contributed by atoms with van der Waals surface area (Å²) in [6, 6.07) is 7.87. The van der Waals surface area contributed by atoms with E-state index in [1.165, 1.54) is 0 Å². The van der Waals surface area contributed by atoms with Crippen molar-refractivity contribution in [2.75, 3.05) is 0 Å². The van der Waals surface area contributed by atoms with Crippen LogP contribution < -0.4 is 11.1 Å². The highest BCUT2D eigenvalue weighted by molar-refractivity contribution is 5.79. The number of aliphatic hydroxyl groups is 1. The molecule has 20 heavy (non-hydrogen) atoms. The molecule has 0 aliphatic carbocycles. The van der Waals surface area contributed by atoms with Gasteiger partial charge in [0.25, 0.3) is 0 Å². The lowest BCUT2D eigenvalue weighted by Crippen LogP contribution is -2.41. The van der Waals surface area contributed by atoms with E-state index in [9.17, 15) is 9.59 Å². The maximum Gasteiger partial charge on any atom is 0.408 e. The molecule has 1 rings (SSSR count). The van der Waals surface area contributed by atoms with Crippen LogP contribution in [0.15, 0.2) is 30.3 Å². The van der Waals surface area contributed by atoms with Crippen molar-refractivity contribution in [1.82, 2.24) is 5.32 Å². The first-order valence-corrected chi connectivity index (χ1v) is 6.12. The fourth-order valence-corrected chi connectivity index (χ4v) is 1.50. The predicted molar refractivity (Wildman–Crippen MR) is 70.6 cm³/mol. The highest BCUT2D eigenvalue weighted by Gasteiger charge is 2.21. The summed E-state index contributed by atoms with van der Waals surface area (Å²) in [5.74, 6) is -1.21. The molecule has 0 saturated carbocycles. The first kappa shape index (κ1) is 15.9. The van der Waals surface area contributed by atoms with E-state index < -0.39 is 24.3 Å². The van der Waals surface area contributed by atoms with Crippen LogP contribution in [0.4, 0.5) is 4.79 Å². The Hall–Kier alpha value is -2.12. The molecule has 1 amide bonds. The molecule has 5 N–H and O–H groups in total. The lowest BCUT2D eigenvalue weighted by Gasteiger charge is -2.15. The summed E-state index contributed by atoms with van der Waals surface area (Å²) in [6.07, 6.45) is -1.85. The Morgan fingerprint density at radius 1 is 1.25 bits per heavy atom. The van der Waals surface area contributed by atoms with Crippen molar-refractivity contribution in [1.29, 1.82) is 0 Å². The SMILES string of the molecule is NC(O)CCC(NC(=O)OCc1ccccc1)C(=O)O. The largest absolute Gasteiger partial charge is 0.480 e. The second-order valence-electron chi connectivity index (χ2n) is 4.24. The maximum atomic E-state index is 11.5. The van der Waals surface area contributed by atoms with E-state index in [1.54, 1.807) is 24.3 Å². The van der Waals surface area contributed by atoms with E-state index in [0.717, 1.165) is 5.56 Å². The number of carbonyl (C=O) groups is 2. The third-order valence-corrected chi connectivity index (χ3v) is 2.55. The van der Waals surface area contributed by atoms with Crippen molar-refractivity contribution in [2.24, 2.45) is 5.73 Å². The van der Waals surface area contributed by atoms with E-state index in [1.807, 2.05) is 6.07 Å². The molecular weight excluding hydrogens is 264 g/mol. The van der Waals surface area contributed by atoms with Gasteiger partial charge in [0.15, 0.2) is 0 Å². The van der Waals surface area contributed by atoms with Crippen LogP contribution in [0, 0.1) is 0 Å². The van der Waals surface area contributed by atoms with Gasteiger partial charge in [0, 0.05) is 0 Å². The molecule has 0 aliphatic rings. The first-order chi connectivity index (χ1) is 9.49. The summed E-state index contributed by atoms with van der Waals surface area (Å²) >= 11 is 0. The Morgan fingerprint density at radius 2 is 1.90 bits per heavy atom. The Kier molecular flexibility index (Phi) is 6.48. The molecule has 0 saturated heterocycles. The van der Waals surface area contributed by atoms with Crippen molar-refractivity contribution in [3.05, 3.63) is 35.9 Å². The number of hydrogen-bond acceptors (Lipinski definition) is 5. The van der Waals surface area contributed by atoms with Gasteiger partial charge < -0.3 is 26.0 Å². The number of carboxylic acids is 1. The van der Waals surface area contributed by atoms with E-state index in [-0.39, 0.29) is 19.4 Å². The zero-order valence-corrected chi connectivity index (χ0v) is 10.9. The van der Waals surface area contributed by atoms with Gasteiger partial charge in [0.1, 0.15) is 18.9 Å². The molecule has 7 heteroatoms. The van der Waals surface area contributed by atoms with Crippen molar-refractivity contribution >= 4 is 12.1 Å². The van der Waals surface area contributed by atoms with Crippen LogP contribution in [0.25, 0.3) is 0 Å². The smallest absolute Gasteiger partial charge is 0.408 e. The molecule has 0 radical (unpaired) electrons. The molecule has 1 aromatic carbocycles. The summed E-state index contributed by atoms with van der Waals surface area (Å²) in [7, 11) is 0. The van der Waals surface area contributed by atoms with E-state index in [0.29, 0.717) is 0 Å². The number of alkyl carbamates (subject to hydrolysis) is 1. The minimum atomic E-state index is -1.21. The zero-order valence-electron chi connectivity index (χ0n) is 10.9. The van der Waals surface area contributed by atoms with Crippen LogP contribution in [0.5, 0.6) is 0 Å².